The predicted molar refractivity (Wildman–Crippen MR) is 43.0 cm³/mol. The lowest BCUT2D eigenvalue weighted by molar-refractivity contribution is 0.405. The van der Waals surface area contributed by atoms with Gasteiger partial charge >= 0.3 is 0 Å². The van der Waals surface area contributed by atoms with Gasteiger partial charge in [0.25, 0.3) is 0 Å². The van der Waals surface area contributed by atoms with Crippen molar-refractivity contribution in [3.63, 3.8) is 0 Å². The van der Waals surface area contributed by atoms with Crippen LogP contribution in [0.3, 0.4) is 0 Å². The molecule has 0 amide bonds. The van der Waals surface area contributed by atoms with Crippen molar-refractivity contribution >= 4 is 5.88 Å². The van der Waals surface area contributed by atoms with Crippen LogP contribution in [0.1, 0.15) is 19.5 Å². The highest BCUT2D eigenvalue weighted by Crippen LogP contribution is 2.13. The molecule has 0 radical (unpaired) electrons. The molecule has 4 nitrogen and oxygen atoms in total. The zero-order valence-corrected chi connectivity index (χ0v) is 7.03. The minimum Gasteiger partial charge on any atom is -0.337 e. The molecule has 0 saturated carbocycles. The summed E-state index contributed by atoms with van der Waals surface area (Å²) in [4.78, 5) is 0. The van der Waals surface area contributed by atoms with Gasteiger partial charge in [-0.15, -0.1) is 0 Å². The number of aromatic nitrogens is 1. The minimum absolute atomic E-state index is 0.224. The van der Waals surface area contributed by atoms with Gasteiger partial charge in [0.05, 0.1) is 5.69 Å². The Kier molecular flexibility index (Phi) is 2.14. The van der Waals surface area contributed by atoms with E-state index in [-0.39, 0.29) is 6.04 Å². The summed E-state index contributed by atoms with van der Waals surface area (Å²) in [6, 6.07) is 2.03. The largest absolute Gasteiger partial charge is 0.337 e. The van der Waals surface area contributed by atoms with Gasteiger partial charge in [-0.1, -0.05) is 5.16 Å². The Bertz CT molecular complexity index is 231. The van der Waals surface area contributed by atoms with E-state index in [9.17, 15) is 0 Å². The molecule has 0 bridgehead atoms. The summed E-state index contributed by atoms with van der Waals surface area (Å²) in [6.45, 7) is 5.83. The molecule has 0 aliphatic carbocycles. The Morgan fingerprint density at radius 2 is 2.27 bits per heavy atom. The third kappa shape index (κ3) is 1.71. The predicted octanol–water partition coefficient (Wildman–Crippen LogP) is 1.07. The van der Waals surface area contributed by atoms with Crippen molar-refractivity contribution in [1.82, 2.24) is 5.16 Å². The molecule has 0 aliphatic rings. The Morgan fingerprint density at radius 3 is 2.64 bits per heavy atom. The highest BCUT2D eigenvalue weighted by atomic mass is 16.5. The average Bonchev–Trinajstić information content (AvgIpc) is 2.34. The quantitative estimate of drug-likeness (QED) is 0.512. The van der Waals surface area contributed by atoms with Crippen LogP contribution in [0.25, 0.3) is 0 Å². The summed E-state index contributed by atoms with van der Waals surface area (Å²) >= 11 is 0. The van der Waals surface area contributed by atoms with Gasteiger partial charge < -0.3 is 4.52 Å². The summed E-state index contributed by atoms with van der Waals surface area (Å²) in [7, 11) is 0. The van der Waals surface area contributed by atoms with E-state index in [2.05, 4.69) is 5.16 Å². The maximum atomic E-state index is 5.65. The van der Waals surface area contributed by atoms with Crippen LogP contribution in [0.4, 0.5) is 5.88 Å². The van der Waals surface area contributed by atoms with E-state index in [4.69, 9.17) is 10.4 Å². The lowest BCUT2D eigenvalue weighted by atomic mass is 10.4. The van der Waals surface area contributed by atoms with Crippen molar-refractivity contribution in [3.05, 3.63) is 11.8 Å². The third-order valence-electron chi connectivity index (χ3n) is 1.43. The molecule has 11 heavy (non-hydrogen) atoms. The zero-order valence-electron chi connectivity index (χ0n) is 7.03. The van der Waals surface area contributed by atoms with Gasteiger partial charge in [0.2, 0.25) is 5.88 Å². The van der Waals surface area contributed by atoms with Gasteiger partial charge in [0, 0.05) is 12.1 Å². The van der Waals surface area contributed by atoms with E-state index < -0.39 is 0 Å². The molecule has 0 aliphatic heterocycles. The Morgan fingerprint density at radius 1 is 1.64 bits per heavy atom. The summed E-state index contributed by atoms with van der Waals surface area (Å²) in [5.41, 5.74) is 0.844. The molecule has 0 aromatic carbocycles. The fourth-order valence-corrected chi connectivity index (χ4v) is 0.726. The van der Waals surface area contributed by atoms with Gasteiger partial charge in [-0.2, -0.15) is 0 Å². The van der Waals surface area contributed by atoms with Crippen molar-refractivity contribution in [2.24, 2.45) is 5.84 Å². The summed E-state index contributed by atoms with van der Waals surface area (Å²) < 4.78 is 4.94. The van der Waals surface area contributed by atoms with Crippen LogP contribution in [0.15, 0.2) is 10.6 Å². The van der Waals surface area contributed by atoms with E-state index >= 15 is 0 Å². The Hall–Kier alpha value is -1.03. The van der Waals surface area contributed by atoms with Crippen LogP contribution >= 0.6 is 0 Å². The van der Waals surface area contributed by atoms with Crippen LogP contribution in [0, 0.1) is 6.92 Å². The van der Waals surface area contributed by atoms with Crippen molar-refractivity contribution in [1.29, 1.82) is 0 Å². The maximum absolute atomic E-state index is 5.65. The summed E-state index contributed by atoms with van der Waals surface area (Å²) in [5, 5.41) is 5.27. The van der Waals surface area contributed by atoms with E-state index in [1.54, 1.807) is 11.1 Å². The first-order valence-corrected chi connectivity index (χ1v) is 3.58. The van der Waals surface area contributed by atoms with E-state index in [0.717, 1.165) is 5.69 Å². The molecule has 1 aromatic rings. The number of hydrogen-bond acceptors (Lipinski definition) is 4. The maximum Gasteiger partial charge on any atom is 0.241 e. The van der Waals surface area contributed by atoms with Crippen molar-refractivity contribution in [3.8, 4) is 0 Å². The second-order valence-electron chi connectivity index (χ2n) is 2.81. The van der Waals surface area contributed by atoms with Crippen molar-refractivity contribution in [2.75, 3.05) is 5.01 Å². The smallest absolute Gasteiger partial charge is 0.241 e. The van der Waals surface area contributed by atoms with Gasteiger partial charge in [-0.25, -0.2) is 5.84 Å². The zero-order chi connectivity index (χ0) is 8.43. The minimum atomic E-state index is 0.224. The van der Waals surface area contributed by atoms with Crippen molar-refractivity contribution in [2.45, 2.75) is 26.8 Å². The molecular weight excluding hydrogens is 142 g/mol. The SMILES string of the molecule is Cc1cc(N(N)C(C)C)on1. The topological polar surface area (TPSA) is 55.3 Å². The Labute approximate surface area is 65.9 Å². The lowest BCUT2D eigenvalue weighted by Gasteiger charge is -2.18. The fraction of sp³-hybridized carbons (Fsp3) is 0.571. The number of rotatable bonds is 2. The second-order valence-corrected chi connectivity index (χ2v) is 2.81. The number of nitrogens with zero attached hydrogens (tertiary/aromatic N) is 2. The van der Waals surface area contributed by atoms with E-state index in [1.807, 2.05) is 20.8 Å². The van der Waals surface area contributed by atoms with Crippen LogP contribution < -0.4 is 10.9 Å². The van der Waals surface area contributed by atoms with E-state index in [1.165, 1.54) is 0 Å². The van der Waals surface area contributed by atoms with Gasteiger partial charge in [-0.05, 0) is 20.8 Å². The van der Waals surface area contributed by atoms with Crippen LogP contribution in [0.5, 0.6) is 0 Å². The van der Waals surface area contributed by atoms with E-state index in [0.29, 0.717) is 5.88 Å². The molecule has 62 valence electrons. The molecule has 4 heteroatoms. The van der Waals surface area contributed by atoms with Gasteiger partial charge in [-0.3, -0.25) is 5.01 Å². The fourth-order valence-electron chi connectivity index (χ4n) is 0.726. The molecule has 0 fully saturated rings. The first-order valence-electron chi connectivity index (χ1n) is 3.58. The molecular formula is C7H13N3O. The van der Waals surface area contributed by atoms with Crippen LogP contribution in [0.2, 0.25) is 0 Å². The van der Waals surface area contributed by atoms with Crippen LogP contribution in [-0.2, 0) is 0 Å². The second kappa shape index (κ2) is 2.92. The standard InChI is InChI=1S/C7H13N3O/c1-5(2)10(8)7-4-6(3)9-11-7/h4-5H,8H2,1-3H3. The first kappa shape index (κ1) is 8.07. The molecule has 0 unspecified atom stereocenters. The summed E-state index contributed by atoms with van der Waals surface area (Å²) in [6.07, 6.45) is 0. The number of nitrogens with two attached hydrogens (primary N) is 1. The number of hydrazine groups is 1. The number of aryl methyl sites for hydroxylation is 1. The molecule has 0 spiro atoms. The molecule has 0 saturated heterocycles. The van der Waals surface area contributed by atoms with Crippen LogP contribution in [-0.4, -0.2) is 11.2 Å². The lowest BCUT2D eigenvalue weighted by Crippen LogP contribution is -2.37. The van der Waals surface area contributed by atoms with Crippen molar-refractivity contribution < 1.29 is 4.52 Å². The van der Waals surface area contributed by atoms with Gasteiger partial charge in [0.15, 0.2) is 0 Å². The summed E-state index contributed by atoms with van der Waals surface area (Å²) in [5.74, 6) is 6.26. The average molecular weight is 155 g/mol. The third-order valence-corrected chi connectivity index (χ3v) is 1.43. The molecule has 1 rings (SSSR count). The highest BCUT2D eigenvalue weighted by molar-refractivity contribution is 5.33. The number of anilines is 1. The molecule has 0 atom stereocenters. The Balaban J connectivity index is 2.76. The molecule has 1 aromatic heterocycles. The normalized spacial score (nSPS) is 10.6. The first-order chi connectivity index (χ1) is 5.11. The highest BCUT2D eigenvalue weighted by Gasteiger charge is 2.09. The number of hydrogen-bond donors (Lipinski definition) is 1. The monoisotopic (exact) mass is 155 g/mol. The molecule has 2 N–H and O–H groups in total. The van der Waals surface area contributed by atoms with Gasteiger partial charge in [0.1, 0.15) is 0 Å². The molecule has 1 heterocycles.